The van der Waals surface area contributed by atoms with Gasteiger partial charge in [-0.25, -0.2) is 4.79 Å². The molecule has 0 aliphatic rings. The Hall–Kier alpha value is -1.95. The Bertz CT molecular complexity index is 522. The van der Waals surface area contributed by atoms with Crippen LogP contribution >= 0.6 is 11.5 Å². The standard InChI is InChI=1S/C11H10N2O3S/c1-15-8-5-3-7(4-6-8)9-10(11(14)16-2)17-13-12-9/h3-6H,1-2H3. The molecule has 1 heterocycles. The molecule has 0 N–H and O–H groups in total. The number of carbonyl (C=O) groups is 1. The zero-order chi connectivity index (χ0) is 12.3. The van der Waals surface area contributed by atoms with Crippen molar-refractivity contribution in [3.05, 3.63) is 29.1 Å². The van der Waals surface area contributed by atoms with Crippen molar-refractivity contribution in [1.29, 1.82) is 0 Å². The van der Waals surface area contributed by atoms with Crippen LogP contribution < -0.4 is 4.74 Å². The van der Waals surface area contributed by atoms with Crippen LogP contribution in [0, 0.1) is 0 Å². The van der Waals surface area contributed by atoms with Gasteiger partial charge in [-0.2, -0.15) is 0 Å². The fourth-order valence-electron chi connectivity index (χ4n) is 1.36. The number of ether oxygens (including phenoxy) is 2. The van der Waals surface area contributed by atoms with Crippen molar-refractivity contribution >= 4 is 17.5 Å². The predicted molar refractivity (Wildman–Crippen MR) is 63.2 cm³/mol. The molecular formula is C11H10N2O3S. The van der Waals surface area contributed by atoms with E-state index < -0.39 is 5.97 Å². The van der Waals surface area contributed by atoms with Crippen molar-refractivity contribution in [2.24, 2.45) is 0 Å². The first kappa shape index (κ1) is 11.5. The minimum Gasteiger partial charge on any atom is -0.497 e. The van der Waals surface area contributed by atoms with E-state index in [0.29, 0.717) is 10.6 Å². The van der Waals surface area contributed by atoms with Gasteiger partial charge >= 0.3 is 5.97 Å². The number of nitrogens with zero attached hydrogens (tertiary/aromatic N) is 2. The van der Waals surface area contributed by atoms with Crippen LogP contribution in [-0.4, -0.2) is 29.8 Å². The normalized spacial score (nSPS) is 10.0. The fraction of sp³-hybridized carbons (Fsp3) is 0.182. The lowest BCUT2D eigenvalue weighted by atomic mass is 10.1. The SMILES string of the molecule is COC(=O)c1snnc1-c1ccc(OC)cc1. The maximum Gasteiger partial charge on any atom is 0.352 e. The number of rotatable bonds is 3. The summed E-state index contributed by atoms with van der Waals surface area (Å²) in [5, 5.41) is 3.94. The molecule has 0 fully saturated rings. The summed E-state index contributed by atoms with van der Waals surface area (Å²) >= 11 is 1.02. The molecule has 0 bridgehead atoms. The first-order valence-electron chi connectivity index (χ1n) is 4.81. The van der Waals surface area contributed by atoms with Crippen molar-refractivity contribution in [3.63, 3.8) is 0 Å². The molecule has 17 heavy (non-hydrogen) atoms. The van der Waals surface area contributed by atoms with Crippen LogP contribution in [0.15, 0.2) is 24.3 Å². The van der Waals surface area contributed by atoms with Gasteiger partial charge in [-0.15, -0.1) is 5.10 Å². The van der Waals surface area contributed by atoms with Crippen molar-refractivity contribution < 1.29 is 14.3 Å². The largest absolute Gasteiger partial charge is 0.497 e. The maximum atomic E-state index is 11.5. The van der Waals surface area contributed by atoms with Crippen LogP contribution in [0.1, 0.15) is 9.67 Å². The molecule has 0 aliphatic carbocycles. The highest BCUT2D eigenvalue weighted by molar-refractivity contribution is 7.08. The number of hydrogen-bond acceptors (Lipinski definition) is 6. The molecule has 0 saturated carbocycles. The van der Waals surface area contributed by atoms with Gasteiger partial charge in [-0.05, 0) is 35.8 Å². The van der Waals surface area contributed by atoms with Crippen LogP contribution in [0.2, 0.25) is 0 Å². The molecule has 6 heteroatoms. The third kappa shape index (κ3) is 2.26. The fourth-order valence-corrected chi connectivity index (χ4v) is 1.96. The van der Waals surface area contributed by atoms with E-state index in [1.807, 2.05) is 12.1 Å². The Kier molecular flexibility index (Phi) is 3.34. The lowest BCUT2D eigenvalue weighted by molar-refractivity contribution is 0.0607. The quantitative estimate of drug-likeness (QED) is 0.780. The van der Waals surface area contributed by atoms with Crippen molar-refractivity contribution in [3.8, 4) is 17.0 Å². The molecule has 5 nitrogen and oxygen atoms in total. The Balaban J connectivity index is 2.39. The number of aromatic nitrogens is 2. The summed E-state index contributed by atoms with van der Waals surface area (Å²) in [6.07, 6.45) is 0. The van der Waals surface area contributed by atoms with E-state index in [-0.39, 0.29) is 0 Å². The van der Waals surface area contributed by atoms with Crippen molar-refractivity contribution in [2.45, 2.75) is 0 Å². The van der Waals surface area contributed by atoms with E-state index in [0.717, 1.165) is 22.8 Å². The summed E-state index contributed by atoms with van der Waals surface area (Å²) in [4.78, 5) is 11.9. The zero-order valence-corrected chi connectivity index (χ0v) is 10.2. The summed E-state index contributed by atoms with van der Waals surface area (Å²) < 4.78 is 13.5. The summed E-state index contributed by atoms with van der Waals surface area (Å²) in [5.41, 5.74) is 1.34. The summed E-state index contributed by atoms with van der Waals surface area (Å²) in [6, 6.07) is 7.25. The highest BCUT2D eigenvalue weighted by atomic mass is 32.1. The lowest BCUT2D eigenvalue weighted by Crippen LogP contribution is -2.00. The second-order valence-corrected chi connectivity index (χ2v) is 3.92. The van der Waals surface area contributed by atoms with E-state index in [2.05, 4.69) is 14.3 Å². The molecule has 0 aliphatic heterocycles. The molecule has 0 amide bonds. The van der Waals surface area contributed by atoms with Crippen LogP contribution in [0.4, 0.5) is 0 Å². The molecule has 0 atom stereocenters. The zero-order valence-electron chi connectivity index (χ0n) is 9.34. The molecule has 1 aromatic carbocycles. The summed E-state index contributed by atoms with van der Waals surface area (Å²) in [6.45, 7) is 0. The van der Waals surface area contributed by atoms with E-state index >= 15 is 0 Å². The minimum atomic E-state index is -0.425. The number of carbonyl (C=O) groups excluding carboxylic acids is 1. The van der Waals surface area contributed by atoms with E-state index in [1.165, 1.54) is 7.11 Å². The number of esters is 1. The maximum absolute atomic E-state index is 11.5. The third-order valence-corrected chi connectivity index (χ3v) is 2.93. The average Bonchev–Trinajstić information content (AvgIpc) is 2.87. The van der Waals surface area contributed by atoms with Crippen molar-refractivity contribution in [1.82, 2.24) is 9.59 Å². The van der Waals surface area contributed by atoms with Gasteiger partial charge < -0.3 is 9.47 Å². The first-order valence-corrected chi connectivity index (χ1v) is 5.58. The van der Waals surface area contributed by atoms with Crippen molar-refractivity contribution in [2.75, 3.05) is 14.2 Å². The van der Waals surface area contributed by atoms with Crippen LogP contribution in [0.25, 0.3) is 11.3 Å². The van der Waals surface area contributed by atoms with Gasteiger partial charge in [0, 0.05) is 5.56 Å². The van der Waals surface area contributed by atoms with Crippen LogP contribution in [0.3, 0.4) is 0 Å². The van der Waals surface area contributed by atoms with Gasteiger partial charge in [0.25, 0.3) is 0 Å². The Morgan fingerprint density at radius 3 is 2.53 bits per heavy atom. The second kappa shape index (κ2) is 4.92. The molecular weight excluding hydrogens is 240 g/mol. The smallest absolute Gasteiger partial charge is 0.352 e. The Morgan fingerprint density at radius 2 is 1.94 bits per heavy atom. The van der Waals surface area contributed by atoms with Gasteiger partial charge in [0.05, 0.1) is 14.2 Å². The number of benzene rings is 1. The Labute approximate surface area is 102 Å². The molecule has 2 aromatic rings. The molecule has 88 valence electrons. The van der Waals surface area contributed by atoms with E-state index in [4.69, 9.17) is 4.74 Å². The van der Waals surface area contributed by atoms with Gasteiger partial charge in [0.2, 0.25) is 0 Å². The molecule has 2 rings (SSSR count). The van der Waals surface area contributed by atoms with Crippen LogP contribution in [0.5, 0.6) is 5.75 Å². The van der Waals surface area contributed by atoms with Gasteiger partial charge in [-0.3, -0.25) is 0 Å². The molecule has 1 aromatic heterocycles. The highest BCUT2D eigenvalue weighted by Gasteiger charge is 2.17. The topological polar surface area (TPSA) is 61.3 Å². The predicted octanol–water partition coefficient (Wildman–Crippen LogP) is 2.00. The summed E-state index contributed by atoms with van der Waals surface area (Å²) in [7, 11) is 2.93. The minimum absolute atomic E-state index is 0.401. The van der Waals surface area contributed by atoms with E-state index in [9.17, 15) is 4.79 Å². The molecule has 0 unspecified atom stereocenters. The van der Waals surface area contributed by atoms with Gasteiger partial charge in [0.1, 0.15) is 11.4 Å². The monoisotopic (exact) mass is 250 g/mol. The second-order valence-electron chi connectivity index (χ2n) is 3.17. The number of methoxy groups -OCH3 is 2. The Morgan fingerprint density at radius 1 is 1.24 bits per heavy atom. The van der Waals surface area contributed by atoms with Gasteiger partial charge in [-0.1, -0.05) is 4.49 Å². The molecule has 0 saturated heterocycles. The highest BCUT2D eigenvalue weighted by Crippen LogP contribution is 2.26. The summed E-state index contributed by atoms with van der Waals surface area (Å²) in [5.74, 6) is 0.322. The lowest BCUT2D eigenvalue weighted by Gasteiger charge is -2.02. The average molecular weight is 250 g/mol. The first-order chi connectivity index (χ1) is 8.26. The number of hydrogen-bond donors (Lipinski definition) is 0. The van der Waals surface area contributed by atoms with Gasteiger partial charge in [0.15, 0.2) is 4.88 Å². The molecule has 0 radical (unpaired) electrons. The van der Waals surface area contributed by atoms with E-state index in [1.54, 1.807) is 19.2 Å². The molecule has 0 spiro atoms. The van der Waals surface area contributed by atoms with Crippen LogP contribution in [-0.2, 0) is 4.74 Å². The third-order valence-electron chi connectivity index (χ3n) is 2.22.